The number of hydrogen-bond acceptors (Lipinski definition) is 5. The smallest absolute Gasteiger partial charge is 0.305 e. The fourth-order valence-electron chi connectivity index (χ4n) is 2.50. The molecule has 6 nitrogen and oxygen atoms in total. The van der Waals surface area contributed by atoms with E-state index >= 15 is 0 Å². The molecular weight excluding hydrogens is 274 g/mol. The van der Waals surface area contributed by atoms with Crippen LogP contribution in [0.25, 0.3) is 0 Å². The minimum Gasteiger partial charge on any atom is -0.464 e. The number of anilines is 1. The van der Waals surface area contributed by atoms with Gasteiger partial charge in [-0.15, -0.1) is 0 Å². The van der Waals surface area contributed by atoms with Gasteiger partial charge in [0.1, 0.15) is 18.8 Å². The van der Waals surface area contributed by atoms with Crippen LogP contribution in [0, 0.1) is 0 Å². The number of methoxy groups -OCH3 is 1. The number of amides is 1. The van der Waals surface area contributed by atoms with E-state index in [1.54, 1.807) is 31.2 Å². The van der Waals surface area contributed by atoms with E-state index < -0.39 is 18.0 Å². The van der Waals surface area contributed by atoms with Crippen molar-refractivity contribution in [3.63, 3.8) is 0 Å². The van der Waals surface area contributed by atoms with Gasteiger partial charge in [-0.05, 0) is 11.6 Å². The second kappa shape index (κ2) is 6.24. The van der Waals surface area contributed by atoms with Gasteiger partial charge in [0.05, 0.1) is 12.3 Å². The zero-order valence-corrected chi connectivity index (χ0v) is 12.2. The van der Waals surface area contributed by atoms with Crippen LogP contribution in [0.3, 0.4) is 0 Å². The molecule has 6 heteroatoms. The number of aliphatic hydroxyl groups excluding tert-OH is 1. The van der Waals surface area contributed by atoms with Crippen molar-refractivity contribution < 1.29 is 24.2 Å². The molecule has 21 heavy (non-hydrogen) atoms. The topological polar surface area (TPSA) is 76.1 Å². The summed E-state index contributed by atoms with van der Waals surface area (Å²) in [6, 6.07) is 7.14. The van der Waals surface area contributed by atoms with Crippen LogP contribution in [0.1, 0.15) is 18.9 Å². The Morgan fingerprint density at radius 3 is 2.71 bits per heavy atom. The summed E-state index contributed by atoms with van der Waals surface area (Å²) in [5.74, 6) is -0.727. The highest BCUT2D eigenvalue weighted by atomic mass is 16.5. The van der Waals surface area contributed by atoms with Gasteiger partial charge < -0.3 is 14.6 Å². The minimum absolute atomic E-state index is 0.0827. The lowest BCUT2D eigenvalue weighted by Crippen LogP contribution is -2.47. The van der Waals surface area contributed by atoms with E-state index in [4.69, 9.17) is 9.47 Å². The first-order chi connectivity index (χ1) is 10.1. The minimum atomic E-state index is -1.25. The molecule has 1 amide bonds. The van der Waals surface area contributed by atoms with E-state index in [9.17, 15) is 14.7 Å². The molecule has 0 saturated heterocycles. The molecule has 0 aromatic heterocycles. The number of benzene rings is 1. The fourth-order valence-corrected chi connectivity index (χ4v) is 2.50. The summed E-state index contributed by atoms with van der Waals surface area (Å²) in [5.41, 5.74) is 0.0735. The van der Waals surface area contributed by atoms with Crippen LogP contribution >= 0.6 is 0 Å². The maximum absolute atomic E-state index is 12.7. The van der Waals surface area contributed by atoms with E-state index in [0.717, 1.165) is 0 Å². The molecule has 0 radical (unpaired) electrons. The third-order valence-electron chi connectivity index (χ3n) is 3.66. The molecule has 0 bridgehead atoms. The van der Waals surface area contributed by atoms with Gasteiger partial charge in [-0.25, -0.2) is 0 Å². The Hall–Kier alpha value is -1.92. The second-order valence-electron chi connectivity index (χ2n) is 4.92. The molecule has 0 saturated carbocycles. The van der Waals surface area contributed by atoms with Crippen LogP contribution < -0.4 is 4.90 Å². The van der Waals surface area contributed by atoms with Crippen molar-refractivity contribution in [1.29, 1.82) is 0 Å². The predicted octanol–water partition coefficient (Wildman–Crippen LogP) is 0.820. The molecule has 114 valence electrons. The highest BCUT2D eigenvalue weighted by Crippen LogP contribution is 2.41. The SMILES string of the molecule is CCC(=O)OCC1(CO)C(=O)N(COC)c2ccccc21. The van der Waals surface area contributed by atoms with E-state index in [1.807, 2.05) is 0 Å². The number of fused-ring (bicyclic) bond motifs is 1. The molecule has 1 aliphatic rings. The summed E-state index contributed by atoms with van der Waals surface area (Å²) >= 11 is 0. The molecule has 0 spiro atoms. The Morgan fingerprint density at radius 2 is 2.10 bits per heavy atom. The normalized spacial score (nSPS) is 20.5. The first-order valence-corrected chi connectivity index (χ1v) is 6.77. The number of para-hydroxylation sites is 1. The lowest BCUT2D eigenvalue weighted by Gasteiger charge is -2.26. The molecule has 1 heterocycles. The Morgan fingerprint density at radius 1 is 1.38 bits per heavy atom. The Kier molecular flexibility index (Phi) is 4.59. The number of ether oxygens (including phenoxy) is 2. The van der Waals surface area contributed by atoms with Crippen molar-refractivity contribution >= 4 is 17.6 Å². The quantitative estimate of drug-likeness (QED) is 0.786. The Labute approximate surface area is 123 Å². The lowest BCUT2D eigenvalue weighted by molar-refractivity contribution is -0.147. The third kappa shape index (κ3) is 2.52. The van der Waals surface area contributed by atoms with Gasteiger partial charge in [0, 0.05) is 13.5 Å². The molecule has 0 aliphatic carbocycles. The number of esters is 1. The van der Waals surface area contributed by atoms with Gasteiger partial charge in [-0.1, -0.05) is 25.1 Å². The van der Waals surface area contributed by atoms with Crippen molar-refractivity contribution in [3.05, 3.63) is 29.8 Å². The highest BCUT2D eigenvalue weighted by Gasteiger charge is 2.51. The maximum Gasteiger partial charge on any atom is 0.305 e. The summed E-state index contributed by atoms with van der Waals surface area (Å²) in [6.07, 6.45) is 0.221. The predicted molar refractivity (Wildman–Crippen MR) is 75.8 cm³/mol. The van der Waals surface area contributed by atoms with E-state index in [2.05, 4.69) is 0 Å². The lowest BCUT2D eigenvalue weighted by atomic mass is 9.83. The third-order valence-corrected chi connectivity index (χ3v) is 3.66. The van der Waals surface area contributed by atoms with Crippen LogP contribution in [-0.2, 0) is 24.5 Å². The molecule has 1 aliphatic heterocycles. The van der Waals surface area contributed by atoms with Crippen LogP contribution in [0.15, 0.2) is 24.3 Å². The van der Waals surface area contributed by atoms with Crippen molar-refractivity contribution in [2.45, 2.75) is 18.8 Å². The van der Waals surface area contributed by atoms with Crippen LogP contribution in [0.4, 0.5) is 5.69 Å². The number of nitrogens with zero attached hydrogens (tertiary/aromatic N) is 1. The summed E-state index contributed by atoms with van der Waals surface area (Å²) in [5, 5.41) is 9.83. The molecule has 0 fully saturated rings. The zero-order chi connectivity index (χ0) is 15.5. The summed E-state index contributed by atoms with van der Waals surface area (Å²) < 4.78 is 10.2. The standard InChI is InChI=1S/C15H19NO5/c1-3-13(18)21-9-15(8-17)11-6-4-5-7-12(11)16(10-20-2)14(15)19/h4-7,17H,3,8-10H2,1-2H3. The molecule has 1 atom stereocenters. The monoisotopic (exact) mass is 293 g/mol. The Bertz CT molecular complexity index is 545. The Balaban J connectivity index is 2.40. The van der Waals surface area contributed by atoms with Crippen molar-refractivity contribution in [1.82, 2.24) is 0 Å². The van der Waals surface area contributed by atoms with Crippen molar-refractivity contribution in [2.24, 2.45) is 0 Å². The average molecular weight is 293 g/mol. The largest absolute Gasteiger partial charge is 0.464 e. The maximum atomic E-state index is 12.7. The molecule has 1 aromatic rings. The molecular formula is C15H19NO5. The molecule has 1 unspecified atom stereocenters. The first-order valence-electron chi connectivity index (χ1n) is 6.77. The first kappa shape index (κ1) is 15.5. The van der Waals surface area contributed by atoms with Gasteiger partial charge in [-0.3, -0.25) is 14.5 Å². The van der Waals surface area contributed by atoms with Crippen LogP contribution in [0.2, 0.25) is 0 Å². The van der Waals surface area contributed by atoms with Crippen molar-refractivity contribution in [3.8, 4) is 0 Å². The van der Waals surface area contributed by atoms with E-state index in [0.29, 0.717) is 11.3 Å². The number of carbonyl (C=O) groups is 2. The second-order valence-corrected chi connectivity index (χ2v) is 4.92. The zero-order valence-electron chi connectivity index (χ0n) is 12.2. The fraction of sp³-hybridized carbons (Fsp3) is 0.467. The van der Waals surface area contributed by atoms with Gasteiger partial charge in [0.2, 0.25) is 5.91 Å². The summed E-state index contributed by atoms with van der Waals surface area (Å²) in [4.78, 5) is 25.5. The average Bonchev–Trinajstić information content (AvgIpc) is 2.75. The molecule has 1 aromatic carbocycles. The van der Waals surface area contributed by atoms with Gasteiger partial charge in [0.25, 0.3) is 0 Å². The van der Waals surface area contributed by atoms with Crippen LogP contribution in [0.5, 0.6) is 0 Å². The summed E-state index contributed by atoms with van der Waals surface area (Å²) in [6.45, 7) is 1.15. The van der Waals surface area contributed by atoms with E-state index in [1.165, 1.54) is 12.0 Å². The van der Waals surface area contributed by atoms with Crippen molar-refractivity contribution in [2.75, 3.05) is 32.0 Å². The highest BCUT2D eigenvalue weighted by molar-refractivity contribution is 6.08. The number of carbonyl (C=O) groups excluding carboxylic acids is 2. The molecule has 1 N–H and O–H groups in total. The van der Waals surface area contributed by atoms with E-state index in [-0.39, 0.29) is 25.7 Å². The number of aliphatic hydroxyl groups is 1. The van der Waals surface area contributed by atoms with Gasteiger partial charge in [-0.2, -0.15) is 0 Å². The number of hydrogen-bond donors (Lipinski definition) is 1. The number of rotatable bonds is 6. The summed E-state index contributed by atoms with van der Waals surface area (Å²) in [7, 11) is 1.49. The molecule has 2 rings (SSSR count). The van der Waals surface area contributed by atoms with Crippen LogP contribution in [-0.4, -0.2) is 44.0 Å². The van der Waals surface area contributed by atoms with Gasteiger partial charge in [0.15, 0.2) is 0 Å². The van der Waals surface area contributed by atoms with Gasteiger partial charge >= 0.3 is 5.97 Å².